The van der Waals surface area contributed by atoms with Crippen molar-refractivity contribution in [1.82, 2.24) is 9.88 Å². The molecule has 0 radical (unpaired) electrons. The van der Waals surface area contributed by atoms with Gasteiger partial charge in [0.25, 0.3) is 0 Å². The molecule has 2 heterocycles. The summed E-state index contributed by atoms with van der Waals surface area (Å²) in [4.78, 5) is 19.1. The van der Waals surface area contributed by atoms with Crippen LogP contribution in [0.3, 0.4) is 0 Å². The number of rotatable bonds is 3. The Balaban J connectivity index is 1.61. The third-order valence-corrected chi connectivity index (χ3v) is 5.08. The third kappa shape index (κ3) is 3.89. The number of β-amino-alcohol motifs (C(OH)–C–C–N with tert-alkyl or cyclic N) is 1. The minimum Gasteiger partial charge on any atom is -0.391 e. The molecule has 0 unspecified atom stereocenters. The van der Waals surface area contributed by atoms with Gasteiger partial charge in [0, 0.05) is 30.6 Å². The summed E-state index contributed by atoms with van der Waals surface area (Å²) in [6.07, 6.45) is 2.87. The molecule has 1 aliphatic rings. The van der Waals surface area contributed by atoms with Crippen LogP contribution < -0.4 is 5.32 Å². The number of nitrogens with one attached hydrogen (secondary N) is 1. The van der Waals surface area contributed by atoms with Gasteiger partial charge in [0.2, 0.25) is 0 Å². The SMILES string of the molecule is Cc1ccc(Cc2cnc(NC(=O)N3CC[C@H](O)C3)s2)cc1C. The first-order chi connectivity index (χ1) is 11.0. The van der Waals surface area contributed by atoms with Gasteiger partial charge >= 0.3 is 6.03 Å². The Morgan fingerprint density at radius 2 is 2.26 bits per heavy atom. The number of anilines is 1. The van der Waals surface area contributed by atoms with Crippen LogP contribution in [-0.4, -0.2) is 40.2 Å². The largest absolute Gasteiger partial charge is 0.391 e. The minimum absolute atomic E-state index is 0.186. The number of aliphatic hydroxyl groups excluding tert-OH is 1. The molecule has 0 spiro atoms. The second-order valence-corrected chi connectivity index (χ2v) is 7.16. The third-order valence-electron chi connectivity index (χ3n) is 4.17. The summed E-state index contributed by atoms with van der Waals surface area (Å²) in [5, 5.41) is 12.9. The monoisotopic (exact) mass is 331 g/mol. The Labute approximate surface area is 140 Å². The van der Waals surface area contributed by atoms with Crippen LogP contribution in [0.4, 0.5) is 9.93 Å². The van der Waals surface area contributed by atoms with Gasteiger partial charge in [-0.2, -0.15) is 0 Å². The van der Waals surface area contributed by atoms with Gasteiger partial charge in [-0.1, -0.05) is 18.2 Å². The number of aryl methyl sites for hydroxylation is 2. The van der Waals surface area contributed by atoms with Crippen LogP contribution in [-0.2, 0) is 6.42 Å². The molecule has 1 aliphatic heterocycles. The predicted molar refractivity (Wildman–Crippen MR) is 92.1 cm³/mol. The lowest BCUT2D eigenvalue weighted by molar-refractivity contribution is 0.176. The smallest absolute Gasteiger partial charge is 0.323 e. The van der Waals surface area contributed by atoms with Gasteiger partial charge in [0.15, 0.2) is 5.13 Å². The zero-order valence-electron chi connectivity index (χ0n) is 13.4. The molecule has 1 aromatic heterocycles. The highest BCUT2D eigenvalue weighted by Crippen LogP contribution is 2.23. The van der Waals surface area contributed by atoms with Gasteiger partial charge in [-0.25, -0.2) is 9.78 Å². The second kappa shape index (κ2) is 6.68. The van der Waals surface area contributed by atoms with Crippen molar-refractivity contribution in [3.05, 3.63) is 46.0 Å². The summed E-state index contributed by atoms with van der Waals surface area (Å²) in [6.45, 7) is 5.21. The van der Waals surface area contributed by atoms with Crippen molar-refractivity contribution in [2.24, 2.45) is 0 Å². The number of thiazole rings is 1. The molecule has 0 aliphatic carbocycles. The summed E-state index contributed by atoms with van der Waals surface area (Å²) in [7, 11) is 0. The van der Waals surface area contributed by atoms with Crippen LogP contribution in [0.5, 0.6) is 0 Å². The average molecular weight is 331 g/mol. The number of likely N-dealkylation sites (tertiary alicyclic amines) is 1. The molecule has 1 atom stereocenters. The summed E-state index contributed by atoms with van der Waals surface area (Å²) in [6, 6.07) is 6.27. The minimum atomic E-state index is -0.405. The molecule has 1 aromatic carbocycles. The van der Waals surface area contributed by atoms with Crippen LogP contribution in [0.25, 0.3) is 0 Å². The van der Waals surface area contributed by atoms with Crippen LogP contribution in [0.2, 0.25) is 0 Å². The van der Waals surface area contributed by atoms with E-state index in [1.54, 1.807) is 4.90 Å². The first-order valence-electron chi connectivity index (χ1n) is 7.76. The summed E-state index contributed by atoms with van der Waals surface area (Å²) in [5.41, 5.74) is 3.82. The highest BCUT2D eigenvalue weighted by molar-refractivity contribution is 7.15. The number of aliphatic hydroxyl groups is 1. The predicted octanol–water partition coefficient (Wildman–Crippen LogP) is 2.95. The Kier molecular flexibility index (Phi) is 4.63. The van der Waals surface area contributed by atoms with E-state index in [1.165, 1.54) is 28.0 Å². The number of urea groups is 1. The number of nitrogens with zero attached hydrogens (tertiary/aromatic N) is 2. The fourth-order valence-electron chi connectivity index (χ4n) is 2.66. The van der Waals surface area contributed by atoms with Gasteiger partial charge in [-0.3, -0.25) is 5.32 Å². The highest BCUT2D eigenvalue weighted by atomic mass is 32.1. The first-order valence-corrected chi connectivity index (χ1v) is 8.58. The molecule has 6 heteroatoms. The van der Waals surface area contributed by atoms with E-state index in [4.69, 9.17) is 0 Å². The molecule has 1 saturated heterocycles. The molecule has 0 bridgehead atoms. The van der Waals surface area contributed by atoms with Crippen molar-refractivity contribution in [3.8, 4) is 0 Å². The van der Waals surface area contributed by atoms with Gasteiger partial charge in [-0.05, 0) is 37.0 Å². The van der Waals surface area contributed by atoms with E-state index in [2.05, 4.69) is 42.3 Å². The Bertz CT molecular complexity index is 714. The van der Waals surface area contributed by atoms with E-state index in [0.29, 0.717) is 24.6 Å². The fourth-order valence-corrected chi connectivity index (χ4v) is 3.49. The number of hydrogen-bond acceptors (Lipinski definition) is 4. The lowest BCUT2D eigenvalue weighted by Gasteiger charge is -2.14. The van der Waals surface area contributed by atoms with Crippen molar-refractivity contribution >= 4 is 22.5 Å². The molecule has 2 aromatic rings. The standard InChI is InChI=1S/C17H21N3O2S/c1-11-3-4-13(7-12(11)2)8-15-9-18-16(23-15)19-17(22)20-6-5-14(21)10-20/h3-4,7,9,14,21H,5-6,8,10H2,1-2H3,(H,18,19,22)/t14-/m0/s1. The van der Waals surface area contributed by atoms with Gasteiger partial charge in [-0.15, -0.1) is 11.3 Å². The topological polar surface area (TPSA) is 65.5 Å². The van der Waals surface area contributed by atoms with E-state index >= 15 is 0 Å². The quantitative estimate of drug-likeness (QED) is 0.909. The van der Waals surface area contributed by atoms with E-state index in [-0.39, 0.29) is 6.03 Å². The van der Waals surface area contributed by atoms with Crippen molar-refractivity contribution in [2.45, 2.75) is 32.8 Å². The maximum atomic E-state index is 12.1. The Morgan fingerprint density at radius 3 is 2.96 bits per heavy atom. The number of aromatic nitrogens is 1. The maximum Gasteiger partial charge on any atom is 0.323 e. The summed E-state index contributed by atoms with van der Waals surface area (Å²) >= 11 is 1.49. The number of carbonyl (C=O) groups is 1. The number of amides is 2. The Morgan fingerprint density at radius 1 is 1.43 bits per heavy atom. The van der Waals surface area contributed by atoms with E-state index in [0.717, 1.165) is 11.3 Å². The molecule has 23 heavy (non-hydrogen) atoms. The zero-order chi connectivity index (χ0) is 16.4. The van der Waals surface area contributed by atoms with Crippen molar-refractivity contribution in [1.29, 1.82) is 0 Å². The number of hydrogen-bond donors (Lipinski definition) is 2. The molecule has 3 rings (SSSR count). The van der Waals surface area contributed by atoms with E-state index in [1.807, 2.05) is 6.20 Å². The second-order valence-electron chi connectivity index (χ2n) is 6.05. The van der Waals surface area contributed by atoms with Crippen LogP contribution >= 0.6 is 11.3 Å². The normalized spacial score (nSPS) is 17.5. The Hall–Kier alpha value is -1.92. The molecule has 2 amide bonds. The van der Waals surface area contributed by atoms with E-state index < -0.39 is 6.10 Å². The van der Waals surface area contributed by atoms with Gasteiger partial charge in [0.05, 0.1) is 6.10 Å². The van der Waals surface area contributed by atoms with E-state index in [9.17, 15) is 9.90 Å². The maximum absolute atomic E-state index is 12.1. The zero-order valence-corrected chi connectivity index (χ0v) is 14.2. The molecule has 122 valence electrons. The highest BCUT2D eigenvalue weighted by Gasteiger charge is 2.24. The average Bonchev–Trinajstić information content (AvgIpc) is 3.12. The molecule has 1 fully saturated rings. The molecular weight excluding hydrogens is 310 g/mol. The molecule has 5 nitrogen and oxygen atoms in total. The van der Waals surface area contributed by atoms with Crippen molar-refractivity contribution in [3.63, 3.8) is 0 Å². The van der Waals surface area contributed by atoms with Crippen molar-refractivity contribution in [2.75, 3.05) is 18.4 Å². The molecular formula is C17H21N3O2S. The van der Waals surface area contributed by atoms with Crippen LogP contribution in [0, 0.1) is 13.8 Å². The van der Waals surface area contributed by atoms with Crippen LogP contribution in [0.15, 0.2) is 24.4 Å². The first kappa shape index (κ1) is 16.0. The lowest BCUT2D eigenvalue weighted by Crippen LogP contribution is -2.33. The van der Waals surface area contributed by atoms with Crippen LogP contribution in [0.1, 0.15) is 28.0 Å². The van der Waals surface area contributed by atoms with Gasteiger partial charge in [0.1, 0.15) is 0 Å². The fraction of sp³-hybridized carbons (Fsp3) is 0.412. The summed E-state index contributed by atoms with van der Waals surface area (Å²) < 4.78 is 0. The number of carbonyl (C=O) groups excluding carboxylic acids is 1. The van der Waals surface area contributed by atoms with Crippen molar-refractivity contribution < 1.29 is 9.90 Å². The molecule has 2 N–H and O–H groups in total. The van der Waals surface area contributed by atoms with Gasteiger partial charge < -0.3 is 10.0 Å². The number of benzene rings is 1. The lowest BCUT2D eigenvalue weighted by atomic mass is 10.0. The molecule has 0 saturated carbocycles. The summed E-state index contributed by atoms with van der Waals surface area (Å²) in [5.74, 6) is 0.